The van der Waals surface area contributed by atoms with Gasteiger partial charge in [0.15, 0.2) is 11.6 Å². The Morgan fingerprint density at radius 1 is 0.900 bits per heavy atom. The van der Waals surface area contributed by atoms with E-state index in [9.17, 15) is 17.6 Å². The zero-order valence-corrected chi connectivity index (χ0v) is 11.0. The first-order valence-electron chi connectivity index (χ1n) is 6.02. The molecule has 0 spiro atoms. The van der Waals surface area contributed by atoms with Crippen LogP contribution in [0, 0.1) is 30.2 Å². The van der Waals surface area contributed by atoms with Crippen molar-refractivity contribution >= 4 is 0 Å². The van der Waals surface area contributed by atoms with Gasteiger partial charge in [0, 0.05) is 17.2 Å². The van der Waals surface area contributed by atoms with Gasteiger partial charge in [-0.1, -0.05) is 12.1 Å². The molecule has 2 aromatic rings. The Labute approximate surface area is 114 Å². The summed E-state index contributed by atoms with van der Waals surface area (Å²) in [7, 11) is 1.49. The normalized spacial score (nSPS) is 12.5. The molecule has 0 amide bonds. The minimum Gasteiger partial charge on any atom is -0.309 e. The zero-order chi connectivity index (χ0) is 14.9. The van der Waals surface area contributed by atoms with E-state index >= 15 is 0 Å². The highest BCUT2D eigenvalue weighted by Gasteiger charge is 2.22. The lowest BCUT2D eigenvalue weighted by molar-refractivity contribution is 0.481. The highest BCUT2D eigenvalue weighted by molar-refractivity contribution is 5.36. The molecule has 0 saturated carbocycles. The van der Waals surface area contributed by atoms with Crippen molar-refractivity contribution in [3.8, 4) is 0 Å². The van der Waals surface area contributed by atoms with Crippen molar-refractivity contribution in [3.05, 3.63) is 70.3 Å². The number of halogens is 4. The molecule has 0 fully saturated rings. The molecule has 1 N–H and O–H groups in total. The van der Waals surface area contributed by atoms with E-state index in [-0.39, 0.29) is 16.7 Å². The summed E-state index contributed by atoms with van der Waals surface area (Å²) in [6.07, 6.45) is 0. The fourth-order valence-electron chi connectivity index (χ4n) is 2.12. The molecule has 1 unspecified atom stereocenters. The van der Waals surface area contributed by atoms with Crippen molar-refractivity contribution in [1.29, 1.82) is 0 Å². The second-order valence-electron chi connectivity index (χ2n) is 4.49. The van der Waals surface area contributed by atoms with Crippen LogP contribution in [-0.4, -0.2) is 7.05 Å². The summed E-state index contributed by atoms with van der Waals surface area (Å²) >= 11 is 0. The Balaban J connectivity index is 2.58. The molecule has 0 heterocycles. The van der Waals surface area contributed by atoms with Gasteiger partial charge in [0.05, 0.1) is 6.04 Å². The largest absolute Gasteiger partial charge is 0.309 e. The first-order valence-corrected chi connectivity index (χ1v) is 6.02. The van der Waals surface area contributed by atoms with Gasteiger partial charge in [-0.2, -0.15) is 0 Å². The molecule has 0 aliphatic rings. The Morgan fingerprint density at radius 2 is 1.60 bits per heavy atom. The molecule has 0 aromatic heterocycles. The van der Waals surface area contributed by atoms with Crippen LogP contribution in [0.3, 0.4) is 0 Å². The van der Waals surface area contributed by atoms with Gasteiger partial charge in [0.25, 0.3) is 0 Å². The Bertz CT molecular complexity index is 640. The minimum atomic E-state index is -1.05. The van der Waals surface area contributed by atoms with E-state index in [0.29, 0.717) is 0 Å². The molecule has 1 atom stereocenters. The lowest BCUT2D eigenvalue weighted by Crippen LogP contribution is -2.21. The van der Waals surface area contributed by atoms with Gasteiger partial charge < -0.3 is 5.32 Å². The van der Waals surface area contributed by atoms with Gasteiger partial charge in [-0.3, -0.25) is 0 Å². The van der Waals surface area contributed by atoms with Gasteiger partial charge in [-0.25, -0.2) is 17.6 Å². The van der Waals surface area contributed by atoms with E-state index in [2.05, 4.69) is 5.32 Å². The third kappa shape index (κ3) is 2.54. The molecule has 0 bridgehead atoms. The average molecular weight is 283 g/mol. The maximum atomic E-state index is 13.9. The maximum absolute atomic E-state index is 13.9. The van der Waals surface area contributed by atoms with Crippen molar-refractivity contribution in [2.24, 2.45) is 0 Å². The molecule has 1 nitrogen and oxygen atoms in total. The second kappa shape index (κ2) is 5.63. The Hall–Kier alpha value is -1.88. The molecular formula is C15H13F4N. The summed E-state index contributed by atoms with van der Waals surface area (Å²) in [4.78, 5) is 0. The zero-order valence-electron chi connectivity index (χ0n) is 11.0. The Morgan fingerprint density at radius 3 is 2.25 bits per heavy atom. The van der Waals surface area contributed by atoms with Gasteiger partial charge in [0.1, 0.15) is 11.6 Å². The molecule has 2 rings (SSSR count). The van der Waals surface area contributed by atoms with Crippen molar-refractivity contribution in [2.45, 2.75) is 13.0 Å². The SMILES string of the molecule is CNC(c1cc(C)c(F)cc1F)c1cccc(F)c1F. The van der Waals surface area contributed by atoms with E-state index in [1.54, 1.807) is 0 Å². The average Bonchev–Trinajstić information content (AvgIpc) is 2.41. The summed E-state index contributed by atoms with van der Waals surface area (Å²) in [5, 5.41) is 2.72. The molecule has 0 aliphatic heterocycles. The number of hydrogen-bond donors (Lipinski definition) is 1. The van der Waals surface area contributed by atoms with Crippen LogP contribution in [-0.2, 0) is 0 Å². The fourth-order valence-corrected chi connectivity index (χ4v) is 2.12. The monoisotopic (exact) mass is 283 g/mol. The first kappa shape index (κ1) is 14.5. The van der Waals surface area contributed by atoms with Crippen LogP contribution >= 0.6 is 0 Å². The minimum absolute atomic E-state index is 0.0302. The third-order valence-corrected chi connectivity index (χ3v) is 3.17. The summed E-state index contributed by atoms with van der Waals surface area (Å²) < 4.78 is 54.3. The summed E-state index contributed by atoms with van der Waals surface area (Å²) in [5.74, 6) is -3.55. The van der Waals surface area contributed by atoms with Crippen LogP contribution in [0.1, 0.15) is 22.7 Å². The molecule has 0 aliphatic carbocycles. The number of hydrogen-bond acceptors (Lipinski definition) is 1. The topological polar surface area (TPSA) is 12.0 Å². The predicted octanol–water partition coefficient (Wildman–Crippen LogP) is 3.86. The van der Waals surface area contributed by atoms with E-state index in [1.165, 1.54) is 32.2 Å². The number of benzene rings is 2. The van der Waals surface area contributed by atoms with Crippen molar-refractivity contribution in [2.75, 3.05) is 7.05 Å². The van der Waals surface area contributed by atoms with Crippen molar-refractivity contribution < 1.29 is 17.6 Å². The number of nitrogens with one attached hydrogen (secondary N) is 1. The van der Waals surface area contributed by atoms with E-state index in [0.717, 1.165) is 12.1 Å². The van der Waals surface area contributed by atoms with Crippen LogP contribution in [0.4, 0.5) is 17.6 Å². The lowest BCUT2D eigenvalue weighted by atomic mass is 9.96. The lowest BCUT2D eigenvalue weighted by Gasteiger charge is -2.19. The molecule has 0 radical (unpaired) electrons. The standard InChI is InChI=1S/C15H13F4N/c1-8-6-10(13(18)7-12(8)17)15(20-2)9-4-3-5-11(16)14(9)19/h3-7,15,20H,1-2H3. The van der Waals surface area contributed by atoms with Gasteiger partial charge in [-0.05, 0) is 31.7 Å². The van der Waals surface area contributed by atoms with Crippen molar-refractivity contribution in [3.63, 3.8) is 0 Å². The van der Waals surface area contributed by atoms with Gasteiger partial charge >= 0.3 is 0 Å². The van der Waals surface area contributed by atoms with Crippen LogP contribution in [0.15, 0.2) is 30.3 Å². The highest BCUT2D eigenvalue weighted by atomic mass is 19.2. The summed E-state index contributed by atoms with van der Waals surface area (Å²) in [5.41, 5.74) is 0.270. The quantitative estimate of drug-likeness (QED) is 0.843. The molecule has 20 heavy (non-hydrogen) atoms. The third-order valence-electron chi connectivity index (χ3n) is 3.17. The maximum Gasteiger partial charge on any atom is 0.163 e. The van der Waals surface area contributed by atoms with E-state index < -0.39 is 29.3 Å². The molecule has 0 saturated heterocycles. The predicted molar refractivity (Wildman–Crippen MR) is 68.4 cm³/mol. The van der Waals surface area contributed by atoms with Crippen LogP contribution in [0.25, 0.3) is 0 Å². The van der Waals surface area contributed by atoms with Crippen molar-refractivity contribution in [1.82, 2.24) is 5.32 Å². The van der Waals surface area contributed by atoms with Crippen LogP contribution in [0.2, 0.25) is 0 Å². The first-order chi connectivity index (χ1) is 9.45. The molecule has 2 aromatic carbocycles. The van der Waals surface area contributed by atoms with E-state index in [1.807, 2.05) is 0 Å². The fraction of sp³-hybridized carbons (Fsp3) is 0.200. The van der Waals surface area contributed by atoms with Gasteiger partial charge in [0.2, 0.25) is 0 Å². The van der Waals surface area contributed by atoms with Crippen LogP contribution in [0.5, 0.6) is 0 Å². The van der Waals surface area contributed by atoms with Gasteiger partial charge in [-0.15, -0.1) is 0 Å². The number of aryl methyl sites for hydroxylation is 1. The number of rotatable bonds is 3. The smallest absolute Gasteiger partial charge is 0.163 e. The van der Waals surface area contributed by atoms with Crippen LogP contribution < -0.4 is 5.32 Å². The van der Waals surface area contributed by atoms with E-state index in [4.69, 9.17) is 0 Å². The summed E-state index contributed by atoms with van der Waals surface area (Å²) in [6.45, 7) is 1.48. The Kier molecular flexibility index (Phi) is 4.09. The molecule has 5 heteroatoms. The molecule has 106 valence electrons. The second-order valence-corrected chi connectivity index (χ2v) is 4.49. The molecular weight excluding hydrogens is 270 g/mol. The summed E-state index contributed by atoms with van der Waals surface area (Å²) in [6, 6.07) is 4.81. The highest BCUT2D eigenvalue weighted by Crippen LogP contribution is 2.28.